The van der Waals surface area contributed by atoms with Crippen LogP contribution in [0.3, 0.4) is 0 Å². The van der Waals surface area contributed by atoms with Crippen molar-refractivity contribution in [2.45, 2.75) is 105 Å². The average molecular weight is 321 g/mol. The highest BCUT2D eigenvalue weighted by Gasteiger charge is 2.16. The lowest BCUT2D eigenvalue weighted by Gasteiger charge is -2.24. The topological polar surface area (TPSA) is 27.7 Å². The predicted molar refractivity (Wildman–Crippen MR) is 98.8 cm³/mol. The summed E-state index contributed by atoms with van der Waals surface area (Å²) >= 11 is 0. The number of hydrogen-bond acceptors (Lipinski definition) is 3. The van der Waals surface area contributed by atoms with E-state index in [0.717, 1.165) is 32.1 Å². The monoisotopic (exact) mass is 320 g/mol. The van der Waals surface area contributed by atoms with Gasteiger partial charge in [0.1, 0.15) is 0 Å². The summed E-state index contributed by atoms with van der Waals surface area (Å²) in [6.07, 6.45) is 6.02. The Morgan fingerprint density at radius 2 is 1.09 bits per heavy atom. The zero-order chi connectivity index (χ0) is 18.2. The third-order valence-electron chi connectivity index (χ3n) is 4.64. The molecule has 0 amide bonds. The molecule has 22 heavy (non-hydrogen) atoms. The van der Waals surface area contributed by atoms with E-state index in [4.69, 9.17) is 14.2 Å². The molecule has 0 radical (unpaired) electrons. The summed E-state index contributed by atoms with van der Waals surface area (Å²) in [5.74, 6) is 0. The molecule has 3 nitrogen and oxygen atoms in total. The van der Waals surface area contributed by atoms with Gasteiger partial charge in [0.2, 0.25) is 0 Å². The first kappa shape index (κ1) is 26.8. The van der Waals surface area contributed by atoms with Gasteiger partial charge in [-0.2, -0.15) is 0 Å². The van der Waals surface area contributed by atoms with Gasteiger partial charge in [-0.15, -0.1) is 0 Å². The van der Waals surface area contributed by atoms with Gasteiger partial charge < -0.3 is 14.2 Å². The molecule has 0 aliphatic carbocycles. The molecule has 138 valence electrons. The van der Waals surface area contributed by atoms with Crippen LogP contribution in [0.15, 0.2) is 0 Å². The largest absolute Gasteiger partial charge is 0.381 e. The Hall–Kier alpha value is -0.120. The van der Waals surface area contributed by atoms with E-state index < -0.39 is 0 Å². The third-order valence-corrected chi connectivity index (χ3v) is 4.64. The number of hydrogen-bond donors (Lipinski definition) is 0. The summed E-state index contributed by atoms with van der Waals surface area (Å²) in [7, 11) is 5.27. The van der Waals surface area contributed by atoms with Crippen LogP contribution < -0.4 is 0 Å². The fraction of sp³-hybridized carbons (Fsp3) is 1.00. The molecule has 0 heterocycles. The average Bonchev–Trinajstić information content (AvgIpc) is 2.57. The summed E-state index contributed by atoms with van der Waals surface area (Å²) in [5.41, 5.74) is 0.208. The molecule has 0 atom stereocenters. The Morgan fingerprint density at radius 3 is 1.09 bits per heavy atom. The van der Waals surface area contributed by atoms with Crippen molar-refractivity contribution in [1.29, 1.82) is 0 Å². The van der Waals surface area contributed by atoms with Crippen molar-refractivity contribution in [3.63, 3.8) is 0 Å². The predicted octanol–water partition coefficient (Wildman–Crippen LogP) is 5.85. The molecule has 0 saturated heterocycles. The number of ether oxygens (including phenoxy) is 3. The first-order valence-electron chi connectivity index (χ1n) is 8.78. The lowest BCUT2D eigenvalue weighted by atomic mass is 10.0. The van der Waals surface area contributed by atoms with E-state index in [1.807, 2.05) is 0 Å². The second kappa shape index (κ2) is 15.8. The SMILES string of the molecule is CCC(C)(C)OC.CCC(C)(CC)OC.CCC(CC)OC. The van der Waals surface area contributed by atoms with E-state index in [1.165, 1.54) is 0 Å². The van der Waals surface area contributed by atoms with Crippen molar-refractivity contribution in [2.75, 3.05) is 21.3 Å². The Bertz CT molecular complexity index is 187. The van der Waals surface area contributed by atoms with E-state index in [0.29, 0.717) is 6.10 Å². The standard InChI is InChI=1S/C7H16O.2C6H14O/c1-5-7(3,6-2)8-4;1-5-6(2,3)7-4;1-4-6(5-2)7-3/h5-6H2,1-4H3;5H2,1-4H3;6H,4-5H2,1-3H3. The normalized spacial score (nSPS) is 11.5. The van der Waals surface area contributed by atoms with Crippen molar-refractivity contribution in [1.82, 2.24) is 0 Å². The zero-order valence-electron chi connectivity index (χ0n) is 17.3. The van der Waals surface area contributed by atoms with Crippen LogP contribution in [0.2, 0.25) is 0 Å². The Kier molecular flexibility index (Phi) is 19.2. The van der Waals surface area contributed by atoms with E-state index >= 15 is 0 Å². The number of rotatable bonds is 8. The molecule has 3 heteroatoms. The fourth-order valence-corrected chi connectivity index (χ4v) is 1.31. The first-order chi connectivity index (χ1) is 10.1. The second-order valence-corrected chi connectivity index (χ2v) is 6.35. The van der Waals surface area contributed by atoms with Crippen molar-refractivity contribution in [2.24, 2.45) is 0 Å². The molecule has 0 rings (SSSR count). The summed E-state index contributed by atoms with van der Waals surface area (Å²) in [5, 5.41) is 0. The summed E-state index contributed by atoms with van der Waals surface area (Å²) in [6.45, 7) is 17.0. The molecule has 0 aliphatic rings. The van der Waals surface area contributed by atoms with E-state index in [-0.39, 0.29) is 11.2 Å². The Labute approximate surface area is 141 Å². The van der Waals surface area contributed by atoms with Crippen molar-refractivity contribution >= 4 is 0 Å². The van der Waals surface area contributed by atoms with Crippen LogP contribution in [-0.4, -0.2) is 38.6 Å². The van der Waals surface area contributed by atoms with Gasteiger partial charge in [-0.1, -0.05) is 34.6 Å². The molecular weight excluding hydrogens is 276 g/mol. The lowest BCUT2D eigenvalue weighted by molar-refractivity contribution is -0.000194. The van der Waals surface area contributed by atoms with Gasteiger partial charge in [0.25, 0.3) is 0 Å². The minimum atomic E-state index is 0.0833. The quantitative estimate of drug-likeness (QED) is 0.561. The second-order valence-electron chi connectivity index (χ2n) is 6.35. The van der Waals surface area contributed by atoms with Gasteiger partial charge >= 0.3 is 0 Å². The lowest BCUT2D eigenvalue weighted by Crippen LogP contribution is -2.24. The van der Waals surface area contributed by atoms with Crippen LogP contribution >= 0.6 is 0 Å². The van der Waals surface area contributed by atoms with Gasteiger partial charge in [-0.25, -0.2) is 0 Å². The highest BCUT2D eigenvalue weighted by atomic mass is 16.5. The van der Waals surface area contributed by atoms with Crippen LogP contribution in [-0.2, 0) is 14.2 Å². The van der Waals surface area contributed by atoms with Gasteiger partial charge in [0.05, 0.1) is 17.3 Å². The maximum absolute atomic E-state index is 5.24. The molecule has 0 aromatic carbocycles. The molecule has 0 bridgehead atoms. The third kappa shape index (κ3) is 16.3. The van der Waals surface area contributed by atoms with Crippen LogP contribution in [0.1, 0.15) is 87.5 Å². The van der Waals surface area contributed by atoms with Crippen LogP contribution in [0.5, 0.6) is 0 Å². The molecule has 0 aromatic rings. The minimum absolute atomic E-state index is 0.0833. The van der Waals surface area contributed by atoms with E-state index in [9.17, 15) is 0 Å². The maximum atomic E-state index is 5.24. The fourth-order valence-electron chi connectivity index (χ4n) is 1.31. The van der Waals surface area contributed by atoms with Gasteiger partial charge in [0, 0.05) is 21.3 Å². The highest BCUT2D eigenvalue weighted by Crippen LogP contribution is 2.16. The van der Waals surface area contributed by atoms with Gasteiger partial charge in [-0.05, 0) is 52.9 Å². The summed E-state index contributed by atoms with van der Waals surface area (Å²) < 4.78 is 15.4. The molecule has 0 fully saturated rings. The van der Waals surface area contributed by atoms with Crippen LogP contribution in [0.25, 0.3) is 0 Å². The Balaban J connectivity index is -0.000000247. The minimum Gasteiger partial charge on any atom is -0.381 e. The maximum Gasteiger partial charge on any atom is 0.0645 e. The first-order valence-corrected chi connectivity index (χ1v) is 8.78. The number of methoxy groups -OCH3 is 3. The molecule has 0 aromatic heterocycles. The molecular formula is C19H44O3. The van der Waals surface area contributed by atoms with Crippen LogP contribution in [0.4, 0.5) is 0 Å². The Morgan fingerprint density at radius 1 is 0.682 bits per heavy atom. The van der Waals surface area contributed by atoms with E-state index in [2.05, 4.69) is 55.4 Å². The smallest absolute Gasteiger partial charge is 0.0645 e. The van der Waals surface area contributed by atoms with Gasteiger partial charge in [-0.3, -0.25) is 0 Å². The van der Waals surface area contributed by atoms with Crippen molar-refractivity contribution in [3.05, 3.63) is 0 Å². The van der Waals surface area contributed by atoms with Crippen LogP contribution in [0, 0.1) is 0 Å². The summed E-state index contributed by atoms with van der Waals surface area (Å²) in [4.78, 5) is 0. The molecule has 0 saturated carbocycles. The van der Waals surface area contributed by atoms with Crippen molar-refractivity contribution < 1.29 is 14.2 Å². The molecule has 0 spiro atoms. The van der Waals surface area contributed by atoms with Crippen molar-refractivity contribution in [3.8, 4) is 0 Å². The van der Waals surface area contributed by atoms with Gasteiger partial charge in [0.15, 0.2) is 0 Å². The highest BCUT2D eigenvalue weighted by molar-refractivity contribution is 4.68. The summed E-state index contributed by atoms with van der Waals surface area (Å²) in [6, 6.07) is 0. The molecule has 0 unspecified atom stereocenters. The molecule has 0 aliphatic heterocycles. The van der Waals surface area contributed by atoms with E-state index in [1.54, 1.807) is 21.3 Å². The molecule has 0 N–H and O–H groups in total. The zero-order valence-corrected chi connectivity index (χ0v) is 17.3.